The van der Waals surface area contributed by atoms with Gasteiger partial charge in [-0.25, -0.2) is 0 Å². The fourth-order valence-corrected chi connectivity index (χ4v) is 2.94. The lowest BCUT2D eigenvalue weighted by Gasteiger charge is -2.45. The van der Waals surface area contributed by atoms with Crippen molar-refractivity contribution < 1.29 is 0 Å². The zero-order chi connectivity index (χ0) is 14.5. The van der Waals surface area contributed by atoms with E-state index in [1.165, 1.54) is 32.6 Å². The Morgan fingerprint density at radius 1 is 1.05 bits per heavy atom. The van der Waals surface area contributed by atoms with Gasteiger partial charge in [0.1, 0.15) is 0 Å². The molecule has 0 aromatic heterocycles. The molecule has 0 aliphatic carbocycles. The number of piperazine rings is 1. The summed E-state index contributed by atoms with van der Waals surface area (Å²) in [6.45, 7) is 21.1. The van der Waals surface area contributed by atoms with E-state index in [9.17, 15) is 0 Å². The molecule has 1 unspecified atom stereocenters. The summed E-state index contributed by atoms with van der Waals surface area (Å²) in [7, 11) is 0. The van der Waals surface area contributed by atoms with Gasteiger partial charge in [0.2, 0.25) is 0 Å². The first-order valence-corrected chi connectivity index (χ1v) is 8.06. The summed E-state index contributed by atoms with van der Waals surface area (Å²) in [5.41, 5.74) is 0.319. The molecule has 114 valence electrons. The number of hydrogen-bond donors (Lipinski definition) is 1. The van der Waals surface area contributed by atoms with Gasteiger partial charge in [-0.2, -0.15) is 0 Å². The van der Waals surface area contributed by atoms with Crippen LogP contribution in [0.5, 0.6) is 0 Å². The molecule has 3 nitrogen and oxygen atoms in total. The van der Waals surface area contributed by atoms with Crippen molar-refractivity contribution in [1.82, 2.24) is 15.1 Å². The van der Waals surface area contributed by atoms with Crippen LogP contribution in [-0.2, 0) is 0 Å². The molecule has 1 aliphatic rings. The first kappa shape index (κ1) is 16.9. The minimum atomic E-state index is 0.319. The van der Waals surface area contributed by atoms with Crippen LogP contribution in [-0.4, -0.2) is 60.6 Å². The van der Waals surface area contributed by atoms with Gasteiger partial charge in [-0.3, -0.25) is 9.80 Å². The van der Waals surface area contributed by atoms with Crippen LogP contribution in [0.2, 0.25) is 0 Å². The number of hydrogen-bond acceptors (Lipinski definition) is 3. The molecular weight excluding hydrogens is 234 g/mol. The Bertz CT molecular complexity index is 237. The van der Waals surface area contributed by atoms with Crippen molar-refractivity contribution in [1.29, 1.82) is 0 Å². The lowest BCUT2D eigenvalue weighted by molar-refractivity contribution is 0.0312. The number of rotatable bonds is 6. The van der Waals surface area contributed by atoms with Gasteiger partial charge in [0.15, 0.2) is 0 Å². The van der Waals surface area contributed by atoms with Crippen LogP contribution in [0.3, 0.4) is 0 Å². The van der Waals surface area contributed by atoms with Crippen molar-refractivity contribution in [3.05, 3.63) is 0 Å². The summed E-state index contributed by atoms with van der Waals surface area (Å²) in [6, 6.07) is 0.689. The molecule has 1 saturated heterocycles. The molecule has 1 heterocycles. The van der Waals surface area contributed by atoms with Gasteiger partial charge in [-0.05, 0) is 39.7 Å². The second-order valence-corrected chi connectivity index (χ2v) is 7.21. The van der Waals surface area contributed by atoms with Crippen LogP contribution in [0.1, 0.15) is 48.0 Å². The van der Waals surface area contributed by atoms with E-state index >= 15 is 0 Å². The third-order valence-electron chi connectivity index (χ3n) is 4.28. The van der Waals surface area contributed by atoms with Gasteiger partial charge in [-0.15, -0.1) is 0 Å². The molecule has 0 amide bonds. The summed E-state index contributed by atoms with van der Waals surface area (Å²) >= 11 is 0. The molecule has 1 atom stereocenters. The van der Waals surface area contributed by atoms with Gasteiger partial charge in [0, 0.05) is 44.3 Å². The highest BCUT2D eigenvalue weighted by Crippen LogP contribution is 2.19. The van der Waals surface area contributed by atoms with Crippen LogP contribution < -0.4 is 5.32 Å². The van der Waals surface area contributed by atoms with Crippen molar-refractivity contribution in [2.45, 2.75) is 59.5 Å². The molecule has 3 heteroatoms. The first-order chi connectivity index (χ1) is 8.86. The molecule has 0 saturated carbocycles. The zero-order valence-corrected chi connectivity index (χ0v) is 14.0. The van der Waals surface area contributed by atoms with Crippen LogP contribution >= 0.6 is 0 Å². The summed E-state index contributed by atoms with van der Waals surface area (Å²) in [5, 5.41) is 3.60. The summed E-state index contributed by atoms with van der Waals surface area (Å²) in [6.07, 6.45) is 1.22. The Kier molecular flexibility index (Phi) is 6.78. The Balaban J connectivity index is 2.45. The molecule has 0 aromatic carbocycles. The van der Waals surface area contributed by atoms with Crippen LogP contribution in [0, 0.1) is 5.92 Å². The maximum atomic E-state index is 3.60. The van der Waals surface area contributed by atoms with Crippen LogP contribution in [0.4, 0.5) is 0 Å². The molecule has 1 fully saturated rings. The average Bonchev–Trinajstić information content (AvgIpc) is 2.33. The molecule has 1 rings (SSSR count). The minimum Gasteiger partial charge on any atom is -0.315 e. The largest absolute Gasteiger partial charge is 0.315 e. The molecule has 19 heavy (non-hydrogen) atoms. The standard InChI is InChI=1S/C16H35N3/c1-7-8-17-13-15(14(2)3)18-9-11-19(12-10-18)16(4,5)6/h14-15,17H,7-13H2,1-6H3. The van der Waals surface area contributed by atoms with Gasteiger partial charge in [0.25, 0.3) is 0 Å². The first-order valence-electron chi connectivity index (χ1n) is 8.06. The normalized spacial score (nSPS) is 21.0. The average molecular weight is 269 g/mol. The fourth-order valence-electron chi connectivity index (χ4n) is 2.94. The smallest absolute Gasteiger partial charge is 0.0244 e. The third kappa shape index (κ3) is 5.41. The minimum absolute atomic E-state index is 0.319. The highest BCUT2D eigenvalue weighted by atomic mass is 15.3. The van der Waals surface area contributed by atoms with E-state index in [-0.39, 0.29) is 0 Å². The molecular formula is C16H35N3. The third-order valence-corrected chi connectivity index (χ3v) is 4.28. The Labute approximate surface area is 120 Å². The van der Waals surface area contributed by atoms with E-state index in [0.29, 0.717) is 11.6 Å². The van der Waals surface area contributed by atoms with Crippen LogP contribution in [0.25, 0.3) is 0 Å². The second-order valence-electron chi connectivity index (χ2n) is 7.21. The fraction of sp³-hybridized carbons (Fsp3) is 1.00. The molecule has 1 N–H and O–H groups in total. The Morgan fingerprint density at radius 2 is 1.63 bits per heavy atom. The topological polar surface area (TPSA) is 18.5 Å². The van der Waals surface area contributed by atoms with E-state index in [4.69, 9.17) is 0 Å². The van der Waals surface area contributed by atoms with E-state index in [0.717, 1.165) is 19.0 Å². The van der Waals surface area contributed by atoms with Gasteiger partial charge in [0.05, 0.1) is 0 Å². The maximum absolute atomic E-state index is 3.60. The number of nitrogens with one attached hydrogen (secondary N) is 1. The van der Waals surface area contributed by atoms with E-state index in [2.05, 4.69) is 56.7 Å². The molecule has 0 aromatic rings. The monoisotopic (exact) mass is 269 g/mol. The SMILES string of the molecule is CCCNCC(C(C)C)N1CCN(C(C)(C)C)CC1. The molecule has 0 radical (unpaired) electrons. The lowest BCUT2D eigenvalue weighted by Crippen LogP contribution is -2.58. The van der Waals surface area contributed by atoms with Crippen molar-refractivity contribution in [2.24, 2.45) is 5.92 Å². The zero-order valence-electron chi connectivity index (χ0n) is 14.0. The summed E-state index contributed by atoms with van der Waals surface area (Å²) in [4.78, 5) is 5.30. The van der Waals surface area contributed by atoms with E-state index < -0.39 is 0 Å². The predicted octanol–water partition coefficient (Wildman–Crippen LogP) is 2.43. The molecule has 1 aliphatic heterocycles. The quantitative estimate of drug-likeness (QED) is 0.747. The summed E-state index contributed by atoms with van der Waals surface area (Å²) in [5.74, 6) is 0.727. The second kappa shape index (κ2) is 7.61. The Morgan fingerprint density at radius 3 is 2.05 bits per heavy atom. The molecule has 0 bridgehead atoms. The van der Waals surface area contributed by atoms with Crippen molar-refractivity contribution in [3.8, 4) is 0 Å². The number of nitrogens with zero attached hydrogens (tertiary/aromatic N) is 2. The van der Waals surface area contributed by atoms with E-state index in [1.54, 1.807) is 0 Å². The van der Waals surface area contributed by atoms with Crippen LogP contribution in [0.15, 0.2) is 0 Å². The summed E-state index contributed by atoms with van der Waals surface area (Å²) < 4.78 is 0. The van der Waals surface area contributed by atoms with Crippen molar-refractivity contribution in [3.63, 3.8) is 0 Å². The predicted molar refractivity (Wildman–Crippen MR) is 84.7 cm³/mol. The van der Waals surface area contributed by atoms with Gasteiger partial charge >= 0.3 is 0 Å². The van der Waals surface area contributed by atoms with Gasteiger partial charge < -0.3 is 5.32 Å². The van der Waals surface area contributed by atoms with Crippen molar-refractivity contribution in [2.75, 3.05) is 39.3 Å². The Hall–Kier alpha value is -0.120. The van der Waals surface area contributed by atoms with Crippen molar-refractivity contribution >= 4 is 0 Å². The highest BCUT2D eigenvalue weighted by molar-refractivity contribution is 4.86. The molecule has 0 spiro atoms. The van der Waals surface area contributed by atoms with E-state index in [1.807, 2.05) is 0 Å². The maximum Gasteiger partial charge on any atom is 0.0244 e. The lowest BCUT2D eigenvalue weighted by atomic mass is 9.99. The van der Waals surface area contributed by atoms with Gasteiger partial charge in [-0.1, -0.05) is 20.8 Å². The highest BCUT2D eigenvalue weighted by Gasteiger charge is 2.29.